The summed E-state index contributed by atoms with van der Waals surface area (Å²) in [7, 11) is 0. The van der Waals surface area contributed by atoms with Crippen molar-refractivity contribution in [2.45, 2.75) is 18.7 Å². The molecule has 0 aromatic heterocycles. The van der Waals surface area contributed by atoms with Crippen LogP contribution < -0.4 is 5.32 Å². The van der Waals surface area contributed by atoms with Gasteiger partial charge in [-0.1, -0.05) is 58.4 Å². The number of hydrogen-bond donors (Lipinski definition) is 1. The number of amides is 1. The minimum atomic E-state index is 0.0465. The summed E-state index contributed by atoms with van der Waals surface area (Å²) in [6.07, 6.45) is 0. The molecule has 0 aliphatic carbocycles. The van der Waals surface area contributed by atoms with Crippen molar-refractivity contribution in [3.05, 3.63) is 70.2 Å². The number of nitrogens with one attached hydrogen (secondary N) is 1. The van der Waals surface area contributed by atoms with Crippen molar-refractivity contribution >= 4 is 33.6 Å². The predicted molar refractivity (Wildman–Crippen MR) is 93.3 cm³/mol. The van der Waals surface area contributed by atoms with Gasteiger partial charge in [-0.15, -0.1) is 11.8 Å². The third-order valence-electron chi connectivity index (χ3n) is 3.07. The van der Waals surface area contributed by atoms with E-state index in [4.69, 9.17) is 0 Å². The average Bonchev–Trinajstić information content (AvgIpc) is 2.48. The van der Waals surface area contributed by atoms with E-state index in [0.29, 0.717) is 5.75 Å². The molecule has 1 amide bonds. The molecule has 0 fully saturated rings. The number of halogens is 1. The lowest BCUT2D eigenvalue weighted by Gasteiger charge is -2.14. The van der Waals surface area contributed by atoms with E-state index < -0.39 is 0 Å². The highest BCUT2D eigenvalue weighted by Gasteiger charge is 2.09. The molecule has 2 aromatic carbocycles. The van der Waals surface area contributed by atoms with Crippen molar-refractivity contribution in [1.29, 1.82) is 0 Å². The third-order valence-corrected chi connectivity index (χ3v) is 4.57. The quantitative estimate of drug-likeness (QED) is 0.814. The van der Waals surface area contributed by atoms with E-state index in [1.807, 2.05) is 49.4 Å². The molecule has 1 N–H and O–H groups in total. The summed E-state index contributed by atoms with van der Waals surface area (Å²) in [6.45, 7) is 2.01. The second-order valence-corrected chi connectivity index (χ2v) is 6.72. The standard InChI is InChI=1S/C17H18BrNOS/c1-13(15-7-3-2-4-8-15)19-17(20)12-21-11-14-6-5-9-16(18)10-14/h2-10,13H,11-12H2,1H3,(H,19,20)/t13-/m1/s1. The molecule has 4 heteroatoms. The molecule has 0 heterocycles. The minimum Gasteiger partial charge on any atom is -0.349 e. The molecule has 21 heavy (non-hydrogen) atoms. The van der Waals surface area contributed by atoms with Gasteiger partial charge in [0.1, 0.15) is 0 Å². The first kappa shape index (κ1) is 16.1. The summed E-state index contributed by atoms with van der Waals surface area (Å²) in [6, 6.07) is 18.2. The molecule has 0 unspecified atom stereocenters. The molecule has 0 radical (unpaired) electrons. The Morgan fingerprint density at radius 3 is 2.67 bits per heavy atom. The third kappa shape index (κ3) is 5.56. The molecule has 0 aliphatic heterocycles. The van der Waals surface area contributed by atoms with Crippen molar-refractivity contribution in [1.82, 2.24) is 5.32 Å². The van der Waals surface area contributed by atoms with Crippen LogP contribution in [-0.4, -0.2) is 11.7 Å². The molecule has 2 nitrogen and oxygen atoms in total. The number of carbonyl (C=O) groups excluding carboxylic acids is 1. The number of thioether (sulfide) groups is 1. The van der Waals surface area contributed by atoms with Crippen molar-refractivity contribution in [3.63, 3.8) is 0 Å². The van der Waals surface area contributed by atoms with Gasteiger partial charge in [-0.25, -0.2) is 0 Å². The first-order chi connectivity index (χ1) is 10.1. The molecule has 2 rings (SSSR count). The maximum absolute atomic E-state index is 11.9. The Hall–Kier alpha value is -1.26. The van der Waals surface area contributed by atoms with Gasteiger partial charge in [0.05, 0.1) is 11.8 Å². The maximum Gasteiger partial charge on any atom is 0.230 e. The zero-order chi connectivity index (χ0) is 15.1. The minimum absolute atomic E-state index is 0.0465. The maximum atomic E-state index is 11.9. The SMILES string of the molecule is C[C@@H](NC(=O)CSCc1cccc(Br)c1)c1ccccc1. The lowest BCUT2D eigenvalue weighted by Crippen LogP contribution is -2.28. The number of hydrogen-bond acceptors (Lipinski definition) is 2. The largest absolute Gasteiger partial charge is 0.349 e. The fraction of sp³-hybridized carbons (Fsp3) is 0.235. The molecule has 1 atom stereocenters. The van der Waals surface area contributed by atoms with E-state index >= 15 is 0 Å². The van der Waals surface area contributed by atoms with Gasteiger partial charge in [0.25, 0.3) is 0 Å². The lowest BCUT2D eigenvalue weighted by atomic mass is 10.1. The van der Waals surface area contributed by atoms with Gasteiger partial charge in [0.2, 0.25) is 5.91 Å². The van der Waals surface area contributed by atoms with Gasteiger partial charge in [-0.3, -0.25) is 4.79 Å². The number of rotatable bonds is 6. The van der Waals surface area contributed by atoms with Crippen molar-refractivity contribution < 1.29 is 4.79 Å². The first-order valence-electron chi connectivity index (χ1n) is 6.81. The Bertz CT molecular complexity index is 588. The van der Waals surface area contributed by atoms with Crippen LogP contribution in [0.25, 0.3) is 0 Å². The van der Waals surface area contributed by atoms with E-state index in [1.54, 1.807) is 11.8 Å². The normalized spacial score (nSPS) is 11.9. The number of carbonyl (C=O) groups is 1. The van der Waals surface area contributed by atoms with Crippen LogP contribution in [0.2, 0.25) is 0 Å². The zero-order valence-corrected chi connectivity index (χ0v) is 14.3. The van der Waals surface area contributed by atoms with E-state index in [-0.39, 0.29) is 11.9 Å². The molecule has 0 saturated heterocycles. The van der Waals surface area contributed by atoms with Crippen molar-refractivity contribution in [3.8, 4) is 0 Å². The van der Waals surface area contributed by atoms with Gasteiger partial charge in [0, 0.05) is 10.2 Å². The first-order valence-corrected chi connectivity index (χ1v) is 8.76. The van der Waals surface area contributed by atoms with Gasteiger partial charge in [0.15, 0.2) is 0 Å². The summed E-state index contributed by atoms with van der Waals surface area (Å²) in [5.74, 6) is 1.39. The summed E-state index contributed by atoms with van der Waals surface area (Å²) in [4.78, 5) is 11.9. The fourth-order valence-corrected chi connectivity index (χ4v) is 3.23. The molecule has 0 aliphatic rings. The monoisotopic (exact) mass is 363 g/mol. The van der Waals surface area contributed by atoms with Crippen LogP contribution in [0.15, 0.2) is 59.1 Å². The van der Waals surface area contributed by atoms with Crippen LogP contribution in [0.5, 0.6) is 0 Å². The Balaban J connectivity index is 1.75. The highest BCUT2D eigenvalue weighted by molar-refractivity contribution is 9.10. The average molecular weight is 364 g/mol. The Kier molecular flexibility index (Phi) is 6.33. The van der Waals surface area contributed by atoms with Crippen LogP contribution >= 0.6 is 27.7 Å². The summed E-state index contributed by atoms with van der Waals surface area (Å²) < 4.78 is 1.07. The molecule has 0 bridgehead atoms. The summed E-state index contributed by atoms with van der Waals surface area (Å²) in [5, 5.41) is 3.02. The molecular weight excluding hydrogens is 346 g/mol. The van der Waals surface area contributed by atoms with Gasteiger partial charge in [-0.05, 0) is 30.2 Å². The Labute approximate surface area is 138 Å². The second-order valence-electron chi connectivity index (χ2n) is 4.82. The smallest absolute Gasteiger partial charge is 0.230 e. The second kappa shape index (κ2) is 8.25. The van der Waals surface area contributed by atoms with Crippen LogP contribution in [0.3, 0.4) is 0 Å². The van der Waals surface area contributed by atoms with Crippen LogP contribution in [0, 0.1) is 0 Å². The lowest BCUT2D eigenvalue weighted by molar-refractivity contribution is -0.119. The van der Waals surface area contributed by atoms with Gasteiger partial charge < -0.3 is 5.32 Å². The zero-order valence-electron chi connectivity index (χ0n) is 11.9. The molecular formula is C17H18BrNOS. The van der Waals surface area contributed by atoms with Gasteiger partial charge in [-0.2, -0.15) is 0 Å². The Morgan fingerprint density at radius 2 is 1.95 bits per heavy atom. The van der Waals surface area contributed by atoms with Crippen LogP contribution in [-0.2, 0) is 10.5 Å². The predicted octanol–water partition coefficient (Wildman–Crippen LogP) is 4.56. The Morgan fingerprint density at radius 1 is 1.19 bits per heavy atom. The molecule has 0 spiro atoms. The highest BCUT2D eigenvalue weighted by atomic mass is 79.9. The molecule has 2 aromatic rings. The number of benzene rings is 2. The summed E-state index contributed by atoms with van der Waals surface area (Å²) >= 11 is 5.08. The molecule has 110 valence electrons. The fourth-order valence-electron chi connectivity index (χ4n) is 2.00. The van der Waals surface area contributed by atoms with Gasteiger partial charge >= 0.3 is 0 Å². The van der Waals surface area contributed by atoms with Crippen molar-refractivity contribution in [2.24, 2.45) is 0 Å². The van der Waals surface area contributed by atoms with E-state index in [9.17, 15) is 4.79 Å². The van der Waals surface area contributed by atoms with E-state index in [0.717, 1.165) is 15.8 Å². The van der Waals surface area contributed by atoms with Crippen LogP contribution in [0.1, 0.15) is 24.1 Å². The summed E-state index contributed by atoms with van der Waals surface area (Å²) in [5.41, 5.74) is 2.35. The molecule has 0 saturated carbocycles. The van der Waals surface area contributed by atoms with E-state index in [2.05, 4.69) is 33.4 Å². The highest BCUT2D eigenvalue weighted by Crippen LogP contribution is 2.17. The van der Waals surface area contributed by atoms with Crippen LogP contribution in [0.4, 0.5) is 0 Å². The van der Waals surface area contributed by atoms with E-state index in [1.165, 1.54) is 5.56 Å². The van der Waals surface area contributed by atoms with Crippen molar-refractivity contribution in [2.75, 3.05) is 5.75 Å². The topological polar surface area (TPSA) is 29.1 Å².